The summed E-state index contributed by atoms with van der Waals surface area (Å²) in [4.78, 5) is 12.8. The van der Waals surface area contributed by atoms with Crippen LogP contribution < -0.4 is 5.32 Å². The van der Waals surface area contributed by atoms with E-state index in [1.807, 2.05) is 97.9 Å². The van der Waals surface area contributed by atoms with Crippen molar-refractivity contribution in [2.75, 3.05) is 0 Å². The molecular formula is C22H21NO. The number of carbonyl (C=O) groups is 1. The van der Waals surface area contributed by atoms with Crippen molar-refractivity contribution in [3.05, 3.63) is 108 Å². The van der Waals surface area contributed by atoms with Crippen molar-refractivity contribution in [2.45, 2.75) is 18.9 Å². The van der Waals surface area contributed by atoms with Crippen molar-refractivity contribution in [2.24, 2.45) is 0 Å². The minimum atomic E-state index is -0.193. The highest BCUT2D eigenvalue weighted by Crippen LogP contribution is 2.24. The minimum absolute atomic E-state index is 0.0268. The first kappa shape index (κ1) is 16.0. The molecular weight excluding hydrogens is 294 g/mol. The van der Waals surface area contributed by atoms with Gasteiger partial charge in [-0.3, -0.25) is 4.79 Å². The predicted octanol–water partition coefficient (Wildman–Crippen LogP) is 4.70. The Hall–Kier alpha value is -2.87. The summed E-state index contributed by atoms with van der Waals surface area (Å²) in [6, 6.07) is 29.9. The zero-order valence-electron chi connectivity index (χ0n) is 13.7. The average Bonchev–Trinajstić information content (AvgIpc) is 2.67. The zero-order chi connectivity index (χ0) is 16.8. The first-order valence-corrected chi connectivity index (χ1v) is 8.21. The van der Waals surface area contributed by atoms with E-state index in [1.165, 1.54) is 0 Å². The van der Waals surface area contributed by atoms with E-state index in [-0.39, 0.29) is 17.9 Å². The Morgan fingerprint density at radius 1 is 0.667 bits per heavy atom. The molecule has 0 heterocycles. The Kier molecular flexibility index (Phi) is 5.07. The minimum Gasteiger partial charge on any atom is -0.345 e. The standard InChI is InChI=1S/C22H21NO/c1-17(18-11-5-2-6-12-18)22(24)23-21(19-13-7-3-8-14-19)20-15-9-4-10-16-20/h2-17,21H,1H3,(H,23,24). The maximum Gasteiger partial charge on any atom is 0.228 e. The van der Waals surface area contributed by atoms with Gasteiger partial charge in [-0.25, -0.2) is 0 Å². The van der Waals surface area contributed by atoms with Crippen LogP contribution in [0.3, 0.4) is 0 Å². The summed E-state index contributed by atoms with van der Waals surface area (Å²) in [6.07, 6.45) is 0. The molecule has 0 aliphatic heterocycles. The number of hydrogen-bond donors (Lipinski definition) is 1. The lowest BCUT2D eigenvalue weighted by atomic mass is 9.96. The smallest absolute Gasteiger partial charge is 0.228 e. The van der Waals surface area contributed by atoms with Crippen LogP contribution in [-0.2, 0) is 4.79 Å². The van der Waals surface area contributed by atoms with Gasteiger partial charge in [-0.2, -0.15) is 0 Å². The second kappa shape index (κ2) is 7.60. The molecule has 0 radical (unpaired) electrons. The Labute approximate surface area is 143 Å². The molecule has 0 aliphatic rings. The lowest BCUT2D eigenvalue weighted by Crippen LogP contribution is -2.32. The highest BCUT2D eigenvalue weighted by Gasteiger charge is 2.21. The molecule has 0 saturated carbocycles. The van der Waals surface area contributed by atoms with Crippen LogP contribution in [0.15, 0.2) is 91.0 Å². The number of nitrogens with one attached hydrogen (secondary N) is 1. The summed E-state index contributed by atoms with van der Waals surface area (Å²) in [5.41, 5.74) is 3.18. The van der Waals surface area contributed by atoms with Crippen molar-refractivity contribution >= 4 is 5.91 Å². The molecule has 0 bridgehead atoms. The van der Waals surface area contributed by atoms with Crippen molar-refractivity contribution < 1.29 is 4.79 Å². The number of hydrogen-bond acceptors (Lipinski definition) is 1. The third-order valence-electron chi connectivity index (χ3n) is 4.25. The molecule has 3 aromatic rings. The van der Waals surface area contributed by atoms with Gasteiger partial charge in [0.1, 0.15) is 0 Å². The molecule has 1 atom stereocenters. The highest BCUT2D eigenvalue weighted by molar-refractivity contribution is 5.84. The summed E-state index contributed by atoms with van der Waals surface area (Å²) >= 11 is 0. The molecule has 0 aliphatic carbocycles. The molecule has 3 rings (SSSR count). The molecule has 120 valence electrons. The Balaban J connectivity index is 1.86. The zero-order valence-corrected chi connectivity index (χ0v) is 13.7. The summed E-state index contributed by atoms with van der Waals surface area (Å²) in [6.45, 7) is 1.94. The Morgan fingerprint density at radius 3 is 1.46 bits per heavy atom. The largest absolute Gasteiger partial charge is 0.345 e. The quantitative estimate of drug-likeness (QED) is 0.727. The average molecular weight is 315 g/mol. The van der Waals surface area contributed by atoms with E-state index in [1.54, 1.807) is 0 Å². The summed E-state index contributed by atoms with van der Waals surface area (Å²) in [5.74, 6) is -0.167. The second-order valence-corrected chi connectivity index (χ2v) is 5.90. The van der Waals surface area contributed by atoms with Gasteiger partial charge in [0.05, 0.1) is 12.0 Å². The fourth-order valence-corrected chi connectivity index (χ4v) is 2.81. The van der Waals surface area contributed by atoms with Gasteiger partial charge in [0.2, 0.25) is 5.91 Å². The van der Waals surface area contributed by atoms with Crippen molar-refractivity contribution in [1.82, 2.24) is 5.32 Å². The van der Waals surface area contributed by atoms with E-state index < -0.39 is 0 Å². The van der Waals surface area contributed by atoms with E-state index in [9.17, 15) is 4.79 Å². The molecule has 1 amide bonds. The first-order valence-electron chi connectivity index (χ1n) is 8.21. The maximum atomic E-state index is 12.8. The van der Waals surface area contributed by atoms with Gasteiger partial charge in [-0.15, -0.1) is 0 Å². The van der Waals surface area contributed by atoms with Gasteiger partial charge < -0.3 is 5.32 Å². The molecule has 0 spiro atoms. The van der Waals surface area contributed by atoms with Gasteiger partial charge in [0, 0.05) is 0 Å². The normalized spacial score (nSPS) is 11.9. The molecule has 24 heavy (non-hydrogen) atoms. The number of rotatable bonds is 5. The number of benzene rings is 3. The molecule has 0 aromatic heterocycles. The lowest BCUT2D eigenvalue weighted by Gasteiger charge is -2.22. The third kappa shape index (κ3) is 3.72. The van der Waals surface area contributed by atoms with Crippen LogP contribution in [-0.4, -0.2) is 5.91 Å². The van der Waals surface area contributed by atoms with E-state index in [0.29, 0.717) is 0 Å². The van der Waals surface area contributed by atoms with Crippen LogP contribution in [0, 0.1) is 0 Å². The second-order valence-electron chi connectivity index (χ2n) is 5.90. The van der Waals surface area contributed by atoms with Crippen LogP contribution in [0.2, 0.25) is 0 Å². The molecule has 0 saturated heterocycles. The number of carbonyl (C=O) groups excluding carboxylic acids is 1. The van der Waals surface area contributed by atoms with Gasteiger partial charge in [-0.1, -0.05) is 91.0 Å². The molecule has 2 heteroatoms. The van der Waals surface area contributed by atoms with Crippen LogP contribution in [0.4, 0.5) is 0 Å². The van der Waals surface area contributed by atoms with Crippen molar-refractivity contribution in [1.29, 1.82) is 0 Å². The van der Waals surface area contributed by atoms with E-state index in [0.717, 1.165) is 16.7 Å². The van der Waals surface area contributed by atoms with Crippen LogP contribution in [0.25, 0.3) is 0 Å². The number of amides is 1. The highest BCUT2D eigenvalue weighted by atomic mass is 16.1. The van der Waals surface area contributed by atoms with Crippen LogP contribution in [0.1, 0.15) is 35.6 Å². The lowest BCUT2D eigenvalue weighted by molar-refractivity contribution is -0.122. The topological polar surface area (TPSA) is 29.1 Å². The summed E-state index contributed by atoms with van der Waals surface area (Å²) < 4.78 is 0. The fourth-order valence-electron chi connectivity index (χ4n) is 2.81. The van der Waals surface area contributed by atoms with E-state index >= 15 is 0 Å². The van der Waals surface area contributed by atoms with Gasteiger partial charge >= 0.3 is 0 Å². The maximum absolute atomic E-state index is 12.8. The molecule has 2 nitrogen and oxygen atoms in total. The predicted molar refractivity (Wildman–Crippen MR) is 97.7 cm³/mol. The van der Waals surface area contributed by atoms with E-state index in [2.05, 4.69) is 5.32 Å². The molecule has 1 unspecified atom stereocenters. The van der Waals surface area contributed by atoms with Gasteiger partial charge in [0.25, 0.3) is 0 Å². The van der Waals surface area contributed by atoms with Gasteiger partial charge in [-0.05, 0) is 23.6 Å². The first-order chi connectivity index (χ1) is 11.8. The fraction of sp³-hybridized carbons (Fsp3) is 0.136. The Morgan fingerprint density at radius 2 is 1.04 bits per heavy atom. The van der Waals surface area contributed by atoms with Crippen molar-refractivity contribution in [3.8, 4) is 0 Å². The SMILES string of the molecule is CC(C(=O)NC(c1ccccc1)c1ccccc1)c1ccccc1. The third-order valence-corrected chi connectivity index (χ3v) is 4.25. The van der Waals surface area contributed by atoms with E-state index in [4.69, 9.17) is 0 Å². The summed E-state index contributed by atoms with van der Waals surface area (Å²) in [7, 11) is 0. The Bertz CT molecular complexity index is 729. The summed E-state index contributed by atoms with van der Waals surface area (Å²) in [5, 5.41) is 3.21. The molecule has 0 fully saturated rings. The van der Waals surface area contributed by atoms with Crippen molar-refractivity contribution in [3.63, 3.8) is 0 Å². The van der Waals surface area contributed by atoms with Gasteiger partial charge in [0.15, 0.2) is 0 Å². The molecule has 1 N–H and O–H groups in total. The van der Waals surface area contributed by atoms with Crippen LogP contribution >= 0.6 is 0 Å². The van der Waals surface area contributed by atoms with Crippen LogP contribution in [0.5, 0.6) is 0 Å². The molecule has 3 aromatic carbocycles. The monoisotopic (exact) mass is 315 g/mol.